The van der Waals surface area contributed by atoms with Crippen molar-refractivity contribution in [2.75, 3.05) is 25.0 Å². The SMILES string of the molecule is CC(C)(C)OC(=O)N1CCC(CNc2cccc3cccnc23)CC1. The molecule has 0 bridgehead atoms. The molecule has 0 aliphatic carbocycles. The summed E-state index contributed by atoms with van der Waals surface area (Å²) >= 11 is 0. The van der Waals surface area contributed by atoms with Crippen molar-refractivity contribution in [3.63, 3.8) is 0 Å². The second-order valence-corrected chi connectivity index (χ2v) is 7.67. The molecule has 5 nitrogen and oxygen atoms in total. The molecule has 2 aromatic rings. The molecule has 1 saturated heterocycles. The fraction of sp³-hybridized carbons (Fsp3) is 0.500. The Bertz CT molecular complexity index is 726. The Hall–Kier alpha value is -2.30. The average molecular weight is 341 g/mol. The first-order chi connectivity index (χ1) is 11.9. The summed E-state index contributed by atoms with van der Waals surface area (Å²) < 4.78 is 5.45. The lowest BCUT2D eigenvalue weighted by Crippen LogP contribution is -2.42. The summed E-state index contributed by atoms with van der Waals surface area (Å²) in [5.41, 5.74) is 1.65. The standard InChI is InChI=1S/C20H27N3O2/c1-20(2,3)25-19(24)23-12-9-15(10-13-23)14-22-17-8-4-6-16-7-5-11-21-18(16)17/h4-8,11,15,22H,9-10,12-14H2,1-3H3. The number of likely N-dealkylation sites (tertiary alicyclic amines) is 1. The van der Waals surface area contributed by atoms with Crippen LogP contribution < -0.4 is 5.32 Å². The predicted octanol–water partition coefficient (Wildman–Crippen LogP) is 4.29. The third-order valence-corrected chi connectivity index (χ3v) is 4.48. The largest absolute Gasteiger partial charge is 0.444 e. The van der Waals surface area contributed by atoms with Crippen LogP contribution in [0.25, 0.3) is 10.9 Å². The average Bonchev–Trinajstić information content (AvgIpc) is 2.59. The summed E-state index contributed by atoms with van der Waals surface area (Å²) in [5.74, 6) is 0.553. The van der Waals surface area contributed by atoms with E-state index in [1.807, 2.05) is 37.9 Å². The Morgan fingerprint density at radius 2 is 1.96 bits per heavy atom. The Kier molecular flexibility index (Phi) is 5.11. The van der Waals surface area contributed by atoms with Gasteiger partial charge >= 0.3 is 6.09 Å². The maximum atomic E-state index is 12.1. The summed E-state index contributed by atoms with van der Waals surface area (Å²) in [6.45, 7) is 8.13. The molecular formula is C20H27N3O2. The van der Waals surface area contributed by atoms with Gasteiger partial charge in [-0.2, -0.15) is 0 Å². The zero-order chi connectivity index (χ0) is 17.9. The van der Waals surface area contributed by atoms with Gasteiger partial charge in [0.2, 0.25) is 0 Å². The number of hydrogen-bond donors (Lipinski definition) is 1. The van der Waals surface area contributed by atoms with E-state index in [-0.39, 0.29) is 6.09 Å². The molecule has 0 saturated carbocycles. The monoisotopic (exact) mass is 341 g/mol. The Morgan fingerprint density at radius 3 is 2.68 bits per heavy atom. The van der Waals surface area contributed by atoms with E-state index in [1.165, 1.54) is 0 Å². The van der Waals surface area contributed by atoms with Crippen molar-refractivity contribution >= 4 is 22.7 Å². The zero-order valence-corrected chi connectivity index (χ0v) is 15.3. The molecule has 1 N–H and O–H groups in total. The van der Waals surface area contributed by atoms with Crippen molar-refractivity contribution in [2.24, 2.45) is 5.92 Å². The van der Waals surface area contributed by atoms with E-state index in [9.17, 15) is 4.79 Å². The number of benzene rings is 1. The van der Waals surface area contributed by atoms with Gasteiger partial charge in [0.1, 0.15) is 5.60 Å². The van der Waals surface area contributed by atoms with Crippen molar-refractivity contribution in [2.45, 2.75) is 39.2 Å². The molecule has 2 heterocycles. The number of carbonyl (C=O) groups is 1. The molecule has 1 aliphatic heterocycles. The van der Waals surface area contributed by atoms with Gasteiger partial charge in [0.15, 0.2) is 0 Å². The second-order valence-electron chi connectivity index (χ2n) is 7.67. The lowest BCUT2D eigenvalue weighted by atomic mass is 9.97. The van der Waals surface area contributed by atoms with Crippen molar-refractivity contribution in [1.82, 2.24) is 9.88 Å². The number of amides is 1. The topological polar surface area (TPSA) is 54.5 Å². The quantitative estimate of drug-likeness (QED) is 0.904. The van der Waals surface area contributed by atoms with Gasteiger partial charge in [-0.15, -0.1) is 0 Å². The van der Waals surface area contributed by atoms with Gasteiger partial charge < -0.3 is 15.0 Å². The second kappa shape index (κ2) is 7.30. The summed E-state index contributed by atoms with van der Waals surface area (Å²) in [4.78, 5) is 18.4. The molecule has 25 heavy (non-hydrogen) atoms. The van der Waals surface area contributed by atoms with Gasteiger partial charge in [-0.3, -0.25) is 4.98 Å². The number of ether oxygens (including phenoxy) is 1. The number of pyridine rings is 1. The first-order valence-corrected chi connectivity index (χ1v) is 8.98. The molecule has 0 spiro atoms. The van der Waals surface area contributed by atoms with Crippen LogP contribution in [0.15, 0.2) is 36.5 Å². The fourth-order valence-corrected chi connectivity index (χ4v) is 3.15. The van der Waals surface area contributed by atoms with Crippen LogP contribution in [0.2, 0.25) is 0 Å². The van der Waals surface area contributed by atoms with Gasteiger partial charge in [-0.25, -0.2) is 4.79 Å². The van der Waals surface area contributed by atoms with Gasteiger partial charge in [0, 0.05) is 31.2 Å². The molecule has 0 radical (unpaired) electrons. The summed E-state index contributed by atoms with van der Waals surface area (Å²) in [7, 11) is 0. The molecule has 1 aromatic heterocycles. The summed E-state index contributed by atoms with van der Waals surface area (Å²) in [6.07, 6.45) is 3.61. The lowest BCUT2D eigenvalue weighted by molar-refractivity contribution is 0.0188. The van der Waals surface area contributed by atoms with E-state index in [0.29, 0.717) is 5.92 Å². The van der Waals surface area contributed by atoms with E-state index in [0.717, 1.165) is 49.1 Å². The number of fused-ring (bicyclic) bond motifs is 1. The van der Waals surface area contributed by atoms with Crippen molar-refractivity contribution in [3.8, 4) is 0 Å². The minimum atomic E-state index is -0.434. The van der Waals surface area contributed by atoms with Crippen molar-refractivity contribution < 1.29 is 9.53 Å². The predicted molar refractivity (Wildman–Crippen MR) is 101 cm³/mol. The van der Waals surface area contributed by atoms with Crippen LogP contribution in [0.1, 0.15) is 33.6 Å². The summed E-state index contributed by atoms with van der Waals surface area (Å²) in [5, 5.41) is 4.69. The molecule has 3 rings (SSSR count). The molecule has 1 amide bonds. The van der Waals surface area contributed by atoms with Crippen LogP contribution in [-0.4, -0.2) is 41.2 Å². The molecule has 5 heteroatoms. The highest BCUT2D eigenvalue weighted by Gasteiger charge is 2.26. The Morgan fingerprint density at radius 1 is 1.24 bits per heavy atom. The molecule has 1 aromatic carbocycles. The van der Waals surface area contributed by atoms with E-state index in [1.54, 1.807) is 0 Å². The first-order valence-electron chi connectivity index (χ1n) is 8.98. The van der Waals surface area contributed by atoms with E-state index < -0.39 is 5.60 Å². The molecule has 0 unspecified atom stereocenters. The van der Waals surface area contributed by atoms with E-state index in [2.05, 4.69) is 34.6 Å². The molecular weight excluding hydrogens is 314 g/mol. The smallest absolute Gasteiger partial charge is 0.410 e. The van der Waals surface area contributed by atoms with Crippen LogP contribution >= 0.6 is 0 Å². The number of nitrogens with one attached hydrogen (secondary N) is 1. The number of carbonyl (C=O) groups excluding carboxylic acids is 1. The fourth-order valence-electron chi connectivity index (χ4n) is 3.15. The minimum absolute atomic E-state index is 0.197. The molecule has 1 fully saturated rings. The minimum Gasteiger partial charge on any atom is -0.444 e. The number of anilines is 1. The van der Waals surface area contributed by atoms with Crippen molar-refractivity contribution in [3.05, 3.63) is 36.5 Å². The number of para-hydroxylation sites is 1. The van der Waals surface area contributed by atoms with Crippen LogP contribution in [0.5, 0.6) is 0 Å². The maximum Gasteiger partial charge on any atom is 0.410 e. The number of aromatic nitrogens is 1. The summed E-state index contributed by atoms with van der Waals surface area (Å²) in [6, 6.07) is 10.2. The highest BCUT2D eigenvalue weighted by atomic mass is 16.6. The third kappa shape index (κ3) is 4.62. The molecule has 1 aliphatic rings. The number of rotatable bonds is 3. The highest BCUT2D eigenvalue weighted by molar-refractivity contribution is 5.90. The van der Waals surface area contributed by atoms with Crippen molar-refractivity contribution in [1.29, 1.82) is 0 Å². The lowest BCUT2D eigenvalue weighted by Gasteiger charge is -2.33. The van der Waals surface area contributed by atoms with E-state index >= 15 is 0 Å². The number of piperidine rings is 1. The van der Waals surface area contributed by atoms with Crippen LogP contribution in [0.4, 0.5) is 10.5 Å². The Labute approximate surface area is 149 Å². The third-order valence-electron chi connectivity index (χ3n) is 4.48. The zero-order valence-electron chi connectivity index (χ0n) is 15.3. The Balaban J connectivity index is 1.52. The number of hydrogen-bond acceptors (Lipinski definition) is 4. The molecule has 0 atom stereocenters. The van der Waals surface area contributed by atoms with Crippen LogP contribution in [0, 0.1) is 5.92 Å². The highest BCUT2D eigenvalue weighted by Crippen LogP contribution is 2.23. The van der Waals surface area contributed by atoms with Gasteiger partial charge in [-0.1, -0.05) is 18.2 Å². The van der Waals surface area contributed by atoms with Crippen LogP contribution in [0.3, 0.4) is 0 Å². The van der Waals surface area contributed by atoms with Gasteiger partial charge in [0.05, 0.1) is 11.2 Å². The normalized spacial score (nSPS) is 16.0. The first kappa shape index (κ1) is 17.5. The van der Waals surface area contributed by atoms with Gasteiger partial charge in [0.25, 0.3) is 0 Å². The van der Waals surface area contributed by atoms with Gasteiger partial charge in [-0.05, 0) is 51.7 Å². The van der Waals surface area contributed by atoms with Crippen LogP contribution in [-0.2, 0) is 4.74 Å². The van der Waals surface area contributed by atoms with E-state index in [4.69, 9.17) is 4.74 Å². The maximum absolute atomic E-state index is 12.1. The molecule has 134 valence electrons. The number of nitrogens with zero attached hydrogens (tertiary/aromatic N) is 2.